The molecular weight excluding hydrogens is 392 g/mol. The lowest BCUT2D eigenvalue weighted by molar-refractivity contribution is 0.956. The molecule has 32 heavy (non-hydrogen) atoms. The van der Waals surface area contributed by atoms with Crippen LogP contribution in [0.2, 0.25) is 0 Å². The lowest BCUT2D eigenvalue weighted by Gasteiger charge is -2.21. The van der Waals surface area contributed by atoms with E-state index in [9.17, 15) is 0 Å². The molecule has 0 saturated carbocycles. The van der Waals surface area contributed by atoms with Crippen LogP contribution < -0.4 is 9.80 Å². The molecule has 0 unspecified atom stereocenters. The molecule has 4 heteroatoms. The minimum atomic E-state index is 0.933. The van der Waals surface area contributed by atoms with Crippen LogP contribution in [0.3, 0.4) is 0 Å². The Balaban J connectivity index is 1.51. The summed E-state index contributed by atoms with van der Waals surface area (Å²) in [6.07, 6.45) is 3.09. The number of aromatic nitrogens is 1. The molecule has 1 saturated heterocycles. The summed E-state index contributed by atoms with van der Waals surface area (Å²) in [5, 5.41) is 1.14. The fourth-order valence-electron chi connectivity index (χ4n) is 4.97. The van der Waals surface area contributed by atoms with Crippen LogP contribution in [0, 0.1) is 6.92 Å². The van der Waals surface area contributed by atoms with Gasteiger partial charge in [0.25, 0.3) is 0 Å². The Morgan fingerprint density at radius 2 is 1.59 bits per heavy atom. The average Bonchev–Trinajstić information content (AvgIpc) is 3.46. The summed E-state index contributed by atoms with van der Waals surface area (Å²) in [7, 11) is 0. The molecule has 0 N–H and O–H groups in total. The number of aryl methyl sites for hydroxylation is 1. The van der Waals surface area contributed by atoms with Crippen LogP contribution in [0.5, 0.6) is 0 Å². The van der Waals surface area contributed by atoms with Crippen molar-refractivity contribution in [1.29, 1.82) is 0 Å². The maximum Gasteiger partial charge on any atom is 0.139 e. The number of para-hydroxylation sites is 2. The third-order valence-electron chi connectivity index (χ3n) is 6.50. The van der Waals surface area contributed by atoms with E-state index in [-0.39, 0.29) is 0 Å². The van der Waals surface area contributed by atoms with E-state index in [4.69, 9.17) is 9.98 Å². The van der Waals surface area contributed by atoms with E-state index >= 15 is 0 Å². The number of aliphatic imine (C=N–C) groups is 1. The number of benzene rings is 3. The molecule has 4 nitrogen and oxygen atoms in total. The molecule has 2 aliphatic rings. The van der Waals surface area contributed by atoms with Crippen LogP contribution >= 0.6 is 0 Å². The lowest BCUT2D eigenvalue weighted by Crippen LogP contribution is -2.24. The molecule has 1 aromatic heterocycles. The molecule has 0 aliphatic carbocycles. The number of rotatable bonds is 3. The van der Waals surface area contributed by atoms with Crippen molar-refractivity contribution in [1.82, 2.24) is 4.98 Å². The van der Waals surface area contributed by atoms with Gasteiger partial charge >= 0.3 is 0 Å². The van der Waals surface area contributed by atoms with Crippen molar-refractivity contribution in [2.45, 2.75) is 26.2 Å². The molecule has 0 amide bonds. The lowest BCUT2D eigenvalue weighted by atomic mass is 10.1. The first-order chi connectivity index (χ1) is 15.8. The molecule has 158 valence electrons. The third kappa shape index (κ3) is 3.23. The molecule has 1 fully saturated rings. The van der Waals surface area contributed by atoms with E-state index in [0.717, 1.165) is 60.6 Å². The van der Waals surface area contributed by atoms with E-state index in [1.165, 1.54) is 22.5 Å². The van der Waals surface area contributed by atoms with Crippen molar-refractivity contribution in [3.8, 4) is 0 Å². The van der Waals surface area contributed by atoms with Gasteiger partial charge < -0.3 is 9.80 Å². The van der Waals surface area contributed by atoms with Gasteiger partial charge in [-0.1, -0.05) is 48.5 Å². The van der Waals surface area contributed by atoms with Crippen molar-refractivity contribution >= 4 is 39.6 Å². The van der Waals surface area contributed by atoms with E-state index in [2.05, 4.69) is 95.6 Å². The van der Waals surface area contributed by atoms with Crippen LogP contribution in [0.25, 0.3) is 10.9 Å². The van der Waals surface area contributed by atoms with Crippen molar-refractivity contribution in [3.63, 3.8) is 0 Å². The monoisotopic (exact) mass is 418 g/mol. The van der Waals surface area contributed by atoms with E-state index in [1.807, 2.05) is 0 Å². The van der Waals surface area contributed by atoms with Crippen molar-refractivity contribution in [3.05, 3.63) is 90.0 Å². The first-order valence-corrected chi connectivity index (χ1v) is 11.4. The molecule has 3 heterocycles. The van der Waals surface area contributed by atoms with Crippen molar-refractivity contribution in [2.24, 2.45) is 4.99 Å². The highest BCUT2D eigenvalue weighted by Crippen LogP contribution is 2.42. The molecule has 6 rings (SSSR count). The Morgan fingerprint density at radius 1 is 0.781 bits per heavy atom. The van der Waals surface area contributed by atoms with Gasteiger partial charge in [-0.05, 0) is 55.7 Å². The topological polar surface area (TPSA) is 31.7 Å². The minimum Gasteiger partial charge on any atom is -0.330 e. The van der Waals surface area contributed by atoms with Gasteiger partial charge in [0.05, 0.1) is 11.2 Å². The smallest absolute Gasteiger partial charge is 0.139 e. The SMILES string of the molecule is Cc1cccc(N2CCCC2=Nc2c3c(nc4ccccc24)N(c2ccccc2)CC3)c1. The van der Waals surface area contributed by atoms with Gasteiger partial charge in [-0.25, -0.2) is 9.98 Å². The van der Waals surface area contributed by atoms with Crippen molar-refractivity contribution in [2.75, 3.05) is 22.9 Å². The van der Waals surface area contributed by atoms with E-state index < -0.39 is 0 Å². The fraction of sp³-hybridized carbons (Fsp3) is 0.214. The molecule has 0 spiro atoms. The fourth-order valence-corrected chi connectivity index (χ4v) is 4.97. The first-order valence-electron chi connectivity index (χ1n) is 11.4. The number of hydrogen-bond donors (Lipinski definition) is 0. The quantitative estimate of drug-likeness (QED) is 0.377. The Kier molecular flexibility index (Phi) is 4.64. The number of anilines is 3. The standard InChI is InChI=1S/C28H26N4/c1-20-9-7-12-22(19-20)31-17-8-15-26(31)30-27-23-13-5-6-14-25(23)29-28-24(27)16-18-32(28)21-10-3-2-4-11-21/h2-7,9-14,19H,8,15-18H2,1H3. The maximum absolute atomic E-state index is 5.35. The van der Waals surface area contributed by atoms with Crippen LogP contribution in [0.15, 0.2) is 83.9 Å². The summed E-state index contributed by atoms with van der Waals surface area (Å²) in [5.41, 5.74) is 7.07. The van der Waals surface area contributed by atoms with Gasteiger partial charge in [0.2, 0.25) is 0 Å². The summed E-state index contributed by atoms with van der Waals surface area (Å²) in [6, 6.07) is 27.7. The van der Waals surface area contributed by atoms with Gasteiger partial charge in [-0.2, -0.15) is 0 Å². The number of pyridine rings is 1. The van der Waals surface area contributed by atoms with Gasteiger partial charge in [-0.15, -0.1) is 0 Å². The number of fused-ring (bicyclic) bond motifs is 2. The van der Waals surface area contributed by atoms with Gasteiger partial charge in [0.1, 0.15) is 11.7 Å². The first kappa shape index (κ1) is 19.1. The Morgan fingerprint density at radius 3 is 2.47 bits per heavy atom. The van der Waals surface area contributed by atoms with Gasteiger partial charge in [-0.3, -0.25) is 0 Å². The highest BCUT2D eigenvalue weighted by atomic mass is 15.2. The highest BCUT2D eigenvalue weighted by molar-refractivity contribution is 6.05. The molecule has 2 aliphatic heterocycles. The predicted molar refractivity (Wildman–Crippen MR) is 134 cm³/mol. The normalized spacial score (nSPS) is 16.8. The summed E-state index contributed by atoms with van der Waals surface area (Å²) in [4.78, 5) is 15.1. The second kappa shape index (κ2) is 7.79. The summed E-state index contributed by atoms with van der Waals surface area (Å²) in [6.45, 7) is 4.10. The summed E-state index contributed by atoms with van der Waals surface area (Å²) < 4.78 is 0. The number of hydrogen-bond acceptors (Lipinski definition) is 3. The highest BCUT2D eigenvalue weighted by Gasteiger charge is 2.28. The minimum absolute atomic E-state index is 0.933. The van der Waals surface area contributed by atoms with Crippen LogP contribution in [-0.2, 0) is 6.42 Å². The zero-order valence-corrected chi connectivity index (χ0v) is 18.3. The van der Waals surface area contributed by atoms with Crippen LogP contribution in [0.4, 0.5) is 22.9 Å². The summed E-state index contributed by atoms with van der Waals surface area (Å²) >= 11 is 0. The van der Waals surface area contributed by atoms with Crippen molar-refractivity contribution < 1.29 is 0 Å². The molecule has 3 aromatic carbocycles. The zero-order valence-electron chi connectivity index (χ0n) is 18.3. The van der Waals surface area contributed by atoms with Crippen LogP contribution in [0.1, 0.15) is 24.0 Å². The zero-order chi connectivity index (χ0) is 21.5. The Bertz CT molecular complexity index is 1330. The molecule has 0 radical (unpaired) electrons. The largest absolute Gasteiger partial charge is 0.330 e. The molecule has 4 aromatic rings. The second-order valence-corrected chi connectivity index (χ2v) is 8.64. The maximum atomic E-state index is 5.35. The predicted octanol–water partition coefficient (Wildman–Crippen LogP) is 6.57. The molecular formula is C28H26N4. The van der Waals surface area contributed by atoms with E-state index in [1.54, 1.807) is 0 Å². The summed E-state index contributed by atoms with van der Waals surface area (Å²) in [5.74, 6) is 2.21. The Labute approximate surface area is 188 Å². The Hall–Kier alpha value is -3.66. The third-order valence-corrected chi connectivity index (χ3v) is 6.50. The van der Waals surface area contributed by atoms with Gasteiger partial charge in [0.15, 0.2) is 0 Å². The second-order valence-electron chi connectivity index (χ2n) is 8.64. The van der Waals surface area contributed by atoms with E-state index in [0.29, 0.717) is 0 Å². The number of amidine groups is 1. The average molecular weight is 419 g/mol. The van der Waals surface area contributed by atoms with Crippen LogP contribution in [-0.4, -0.2) is 23.9 Å². The molecule has 0 bridgehead atoms. The molecule has 0 atom stereocenters. The van der Waals surface area contributed by atoms with Gasteiger partial charge in [0, 0.05) is 41.8 Å². The number of nitrogens with zero attached hydrogens (tertiary/aromatic N) is 4.